The lowest BCUT2D eigenvalue weighted by molar-refractivity contribution is -0.191. The second-order valence-corrected chi connectivity index (χ2v) is 7.16. The minimum Gasteiger partial charge on any atom is -0.478 e. The average molecular weight is 450 g/mol. The Morgan fingerprint density at radius 1 is 0.967 bits per heavy atom. The van der Waals surface area contributed by atoms with Crippen molar-refractivity contribution < 1.29 is 34.1 Å². The molecule has 0 amide bonds. The number of benzene rings is 2. The minimum atomic E-state index is -3.18. The lowest BCUT2D eigenvalue weighted by Crippen LogP contribution is -2.48. The number of carbonyl (C=O) groups excluding carboxylic acids is 2. The summed E-state index contributed by atoms with van der Waals surface area (Å²) in [6.07, 6.45) is 0. The molecule has 0 spiro atoms. The summed E-state index contributed by atoms with van der Waals surface area (Å²) in [6.45, 7) is 0.866. The second-order valence-electron chi connectivity index (χ2n) is 6.29. The van der Waals surface area contributed by atoms with E-state index in [-0.39, 0.29) is 32.2 Å². The number of carbonyl (C=O) groups is 4. The molecule has 30 heavy (non-hydrogen) atoms. The molecule has 3 aromatic rings. The van der Waals surface area contributed by atoms with Gasteiger partial charge < -0.3 is 19.9 Å². The predicted molar refractivity (Wildman–Crippen MR) is 107 cm³/mol. The Balaban J connectivity index is 2.43. The number of ether oxygens (including phenoxy) is 1. The van der Waals surface area contributed by atoms with E-state index >= 15 is 0 Å². The molecule has 0 radical (unpaired) electrons. The maximum absolute atomic E-state index is 13.2. The molecule has 0 fully saturated rings. The van der Waals surface area contributed by atoms with Crippen LogP contribution < -0.4 is 0 Å². The lowest BCUT2D eigenvalue weighted by Gasteiger charge is -2.25. The summed E-state index contributed by atoms with van der Waals surface area (Å²) in [5, 5.41) is 20.2. The topological polar surface area (TPSA) is 134 Å². The fraction of sp³-hybridized carbons (Fsp3) is 0.100. The van der Waals surface area contributed by atoms with Crippen LogP contribution in [-0.4, -0.2) is 38.9 Å². The smallest absolute Gasteiger partial charge is 0.365 e. The summed E-state index contributed by atoms with van der Waals surface area (Å²) in [5.41, 5.74) is -3.85. The summed E-state index contributed by atoms with van der Waals surface area (Å²) in [7, 11) is 0. The Bertz CT molecular complexity index is 1200. The Labute approximate surface area is 179 Å². The largest absolute Gasteiger partial charge is 0.478 e. The van der Waals surface area contributed by atoms with Crippen LogP contribution in [-0.2, 0) is 24.7 Å². The van der Waals surface area contributed by atoms with Gasteiger partial charge in [-0.1, -0.05) is 41.4 Å². The number of halogens is 2. The Hall–Kier alpha value is -3.36. The van der Waals surface area contributed by atoms with Gasteiger partial charge in [0.05, 0.1) is 11.3 Å². The highest BCUT2D eigenvalue weighted by molar-refractivity contribution is 6.32. The fourth-order valence-electron chi connectivity index (χ4n) is 3.14. The van der Waals surface area contributed by atoms with Gasteiger partial charge in [0.25, 0.3) is 0 Å². The van der Waals surface area contributed by atoms with Crippen LogP contribution in [0.1, 0.15) is 28.5 Å². The van der Waals surface area contributed by atoms with E-state index in [2.05, 4.69) is 4.98 Å². The molecule has 3 N–H and O–H groups in total. The summed E-state index contributed by atoms with van der Waals surface area (Å²) < 4.78 is 4.82. The van der Waals surface area contributed by atoms with E-state index in [1.807, 2.05) is 0 Å². The molecule has 0 aliphatic rings. The van der Waals surface area contributed by atoms with Crippen molar-refractivity contribution in [3.05, 3.63) is 69.3 Å². The van der Waals surface area contributed by atoms with Gasteiger partial charge in [0.2, 0.25) is 5.78 Å². The third kappa shape index (κ3) is 3.51. The molecule has 0 atom stereocenters. The van der Waals surface area contributed by atoms with Crippen molar-refractivity contribution in [2.24, 2.45) is 0 Å². The first-order valence-corrected chi connectivity index (χ1v) is 9.12. The predicted octanol–water partition coefficient (Wildman–Crippen LogP) is 3.63. The average Bonchev–Trinajstić information content (AvgIpc) is 3.03. The molecule has 0 bridgehead atoms. The molecule has 154 valence electrons. The highest BCUT2D eigenvalue weighted by atomic mass is 35.5. The molecule has 1 aromatic heterocycles. The first kappa shape index (κ1) is 21.4. The van der Waals surface area contributed by atoms with E-state index in [4.69, 9.17) is 27.9 Å². The molecule has 0 saturated heterocycles. The fourth-order valence-corrected chi connectivity index (χ4v) is 3.50. The zero-order valence-corrected chi connectivity index (χ0v) is 16.7. The summed E-state index contributed by atoms with van der Waals surface area (Å²) in [4.78, 5) is 51.9. The first-order chi connectivity index (χ1) is 14.1. The molecule has 0 aliphatic carbocycles. The van der Waals surface area contributed by atoms with Gasteiger partial charge in [-0.2, -0.15) is 0 Å². The standard InChI is InChI=1S/C20H13Cl2NO7/c1-9(24)30-20(18(26)27,19(28)29)15-13-6-5-12(22)8-14(13)23-16(15)17(25)10-3-2-4-11(21)7-10/h2-8,23H,1H3,(H,26,27)(H,28,29). The summed E-state index contributed by atoms with van der Waals surface area (Å²) in [5.74, 6) is -5.88. The van der Waals surface area contributed by atoms with Gasteiger partial charge in [-0.15, -0.1) is 0 Å². The summed E-state index contributed by atoms with van der Waals surface area (Å²) >= 11 is 11.9. The number of aliphatic carboxylic acids is 2. The molecule has 0 aliphatic heterocycles. The normalized spacial score (nSPS) is 11.3. The summed E-state index contributed by atoms with van der Waals surface area (Å²) in [6, 6.07) is 9.90. The number of nitrogens with one attached hydrogen (secondary N) is 1. The first-order valence-electron chi connectivity index (χ1n) is 8.36. The molecule has 3 rings (SSSR count). The van der Waals surface area contributed by atoms with Crippen molar-refractivity contribution in [1.29, 1.82) is 0 Å². The number of aromatic amines is 1. The van der Waals surface area contributed by atoms with Crippen LogP contribution in [0.4, 0.5) is 0 Å². The maximum atomic E-state index is 13.2. The van der Waals surface area contributed by atoms with E-state index < -0.39 is 34.9 Å². The van der Waals surface area contributed by atoms with Crippen molar-refractivity contribution in [3.63, 3.8) is 0 Å². The van der Waals surface area contributed by atoms with Gasteiger partial charge in [-0.05, 0) is 24.3 Å². The number of ketones is 1. The zero-order valence-electron chi connectivity index (χ0n) is 15.2. The van der Waals surface area contributed by atoms with E-state index in [9.17, 15) is 29.4 Å². The second kappa shape index (κ2) is 7.81. The number of hydrogen-bond donors (Lipinski definition) is 3. The number of carboxylic acid groups (broad SMARTS) is 2. The van der Waals surface area contributed by atoms with E-state index in [1.54, 1.807) is 0 Å². The maximum Gasteiger partial charge on any atom is 0.365 e. The molecule has 10 heteroatoms. The van der Waals surface area contributed by atoms with Gasteiger partial charge in [-0.25, -0.2) is 9.59 Å². The van der Waals surface area contributed by atoms with Gasteiger partial charge in [0.1, 0.15) is 0 Å². The van der Waals surface area contributed by atoms with Crippen LogP contribution >= 0.6 is 23.2 Å². The van der Waals surface area contributed by atoms with Crippen molar-refractivity contribution in [2.75, 3.05) is 0 Å². The minimum absolute atomic E-state index is 0.0378. The number of fused-ring (bicyclic) bond motifs is 1. The van der Waals surface area contributed by atoms with E-state index in [0.717, 1.165) is 6.92 Å². The van der Waals surface area contributed by atoms with Gasteiger partial charge >= 0.3 is 23.5 Å². The number of hydrogen-bond acceptors (Lipinski definition) is 5. The number of H-pyrrole nitrogens is 1. The van der Waals surface area contributed by atoms with Crippen LogP contribution in [0.2, 0.25) is 10.0 Å². The number of carboxylic acids is 2. The van der Waals surface area contributed by atoms with Gasteiger partial charge in [-0.3, -0.25) is 9.59 Å². The molecule has 0 unspecified atom stereocenters. The van der Waals surface area contributed by atoms with Crippen LogP contribution in [0.5, 0.6) is 0 Å². The van der Waals surface area contributed by atoms with Crippen LogP contribution in [0.3, 0.4) is 0 Å². The Morgan fingerprint density at radius 3 is 2.17 bits per heavy atom. The van der Waals surface area contributed by atoms with Crippen LogP contribution in [0.25, 0.3) is 10.9 Å². The molecule has 0 saturated carbocycles. The molecular weight excluding hydrogens is 437 g/mol. The Morgan fingerprint density at radius 2 is 1.60 bits per heavy atom. The van der Waals surface area contributed by atoms with Crippen LogP contribution in [0.15, 0.2) is 42.5 Å². The molecular formula is C20H13Cl2NO7. The van der Waals surface area contributed by atoms with Crippen molar-refractivity contribution in [1.82, 2.24) is 4.98 Å². The highest BCUT2D eigenvalue weighted by Gasteiger charge is 2.56. The van der Waals surface area contributed by atoms with Crippen molar-refractivity contribution in [3.8, 4) is 0 Å². The van der Waals surface area contributed by atoms with Gasteiger partial charge in [0.15, 0.2) is 0 Å². The Kier molecular flexibility index (Phi) is 5.56. The SMILES string of the molecule is CC(=O)OC(C(=O)O)(C(=O)O)c1c(C(=O)c2cccc(Cl)c2)[nH]c2cc(Cl)ccc12. The third-order valence-electron chi connectivity index (χ3n) is 4.33. The highest BCUT2D eigenvalue weighted by Crippen LogP contribution is 2.38. The molecule has 8 nitrogen and oxygen atoms in total. The molecule has 1 heterocycles. The van der Waals surface area contributed by atoms with E-state index in [0.29, 0.717) is 0 Å². The van der Waals surface area contributed by atoms with Crippen molar-refractivity contribution >= 4 is 57.8 Å². The zero-order chi connectivity index (χ0) is 22.2. The molecule has 2 aromatic carbocycles. The van der Waals surface area contributed by atoms with Crippen LogP contribution in [0, 0.1) is 0 Å². The monoisotopic (exact) mass is 449 g/mol. The quantitative estimate of drug-likeness (QED) is 0.297. The third-order valence-corrected chi connectivity index (χ3v) is 4.80. The number of esters is 1. The lowest BCUT2D eigenvalue weighted by atomic mass is 9.88. The van der Waals surface area contributed by atoms with E-state index in [1.165, 1.54) is 42.5 Å². The van der Waals surface area contributed by atoms with Crippen molar-refractivity contribution in [2.45, 2.75) is 12.5 Å². The number of rotatable bonds is 6. The van der Waals surface area contributed by atoms with Gasteiger partial charge in [0, 0.05) is 33.4 Å². The number of aromatic nitrogens is 1.